The molecule has 1 aromatic carbocycles. The van der Waals surface area contributed by atoms with Crippen LogP contribution in [-0.4, -0.2) is 11.2 Å². The highest BCUT2D eigenvalue weighted by atomic mass is 35.5. The summed E-state index contributed by atoms with van der Waals surface area (Å²) in [4.78, 5) is 0. The molecule has 1 unspecified atom stereocenters. The van der Waals surface area contributed by atoms with Gasteiger partial charge in [-0.2, -0.15) is 0 Å². The summed E-state index contributed by atoms with van der Waals surface area (Å²) < 4.78 is 13.5. The Labute approximate surface area is 93.9 Å². The fourth-order valence-corrected chi connectivity index (χ4v) is 1.98. The summed E-state index contributed by atoms with van der Waals surface area (Å²) >= 11 is 5.66. The van der Waals surface area contributed by atoms with Gasteiger partial charge in [-0.05, 0) is 24.0 Å². The number of aliphatic hydroxyl groups excluding tert-OH is 1. The van der Waals surface area contributed by atoms with E-state index >= 15 is 0 Å². The molecule has 1 saturated carbocycles. The van der Waals surface area contributed by atoms with Crippen LogP contribution in [0.1, 0.15) is 24.8 Å². The van der Waals surface area contributed by atoms with Crippen molar-refractivity contribution in [3.05, 3.63) is 34.6 Å². The molecule has 0 aromatic heterocycles. The molecule has 0 radical (unpaired) electrons. The summed E-state index contributed by atoms with van der Waals surface area (Å²) in [5, 5.41) is 9.85. The molecule has 1 aliphatic rings. The molecule has 0 amide bonds. The van der Waals surface area contributed by atoms with Crippen molar-refractivity contribution in [3.63, 3.8) is 0 Å². The number of rotatable bonds is 4. The van der Waals surface area contributed by atoms with E-state index in [2.05, 4.69) is 0 Å². The van der Waals surface area contributed by atoms with E-state index in [1.807, 2.05) is 0 Å². The SMILES string of the molecule is OC(Cc1cccc(Cl)c1F)CC1CC1. The van der Waals surface area contributed by atoms with Crippen molar-refractivity contribution < 1.29 is 9.50 Å². The smallest absolute Gasteiger partial charge is 0.145 e. The van der Waals surface area contributed by atoms with Crippen molar-refractivity contribution in [2.45, 2.75) is 31.8 Å². The first-order valence-corrected chi connectivity index (χ1v) is 5.65. The topological polar surface area (TPSA) is 20.2 Å². The van der Waals surface area contributed by atoms with Gasteiger partial charge in [-0.1, -0.05) is 36.6 Å². The zero-order valence-corrected chi connectivity index (χ0v) is 9.17. The van der Waals surface area contributed by atoms with Crippen LogP contribution in [0.3, 0.4) is 0 Å². The quantitative estimate of drug-likeness (QED) is 0.839. The molecule has 1 atom stereocenters. The first kappa shape index (κ1) is 10.9. The van der Waals surface area contributed by atoms with Crippen LogP contribution >= 0.6 is 11.6 Å². The minimum atomic E-state index is -0.439. The number of hydrogen-bond donors (Lipinski definition) is 1. The third-order valence-corrected chi connectivity index (χ3v) is 3.08. The Kier molecular flexibility index (Phi) is 3.27. The third kappa shape index (κ3) is 2.93. The Morgan fingerprint density at radius 1 is 1.47 bits per heavy atom. The van der Waals surface area contributed by atoms with E-state index in [-0.39, 0.29) is 5.02 Å². The molecule has 0 saturated heterocycles. The normalized spacial score (nSPS) is 17.8. The van der Waals surface area contributed by atoms with Crippen LogP contribution in [0.15, 0.2) is 18.2 Å². The fraction of sp³-hybridized carbons (Fsp3) is 0.500. The van der Waals surface area contributed by atoms with Crippen LogP contribution in [0, 0.1) is 11.7 Å². The van der Waals surface area contributed by atoms with Crippen LogP contribution in [0.5, 0.6) is 0 Å². The van der Waals surface area contributed by atoms with Crippen molar-refractivity contribution in [2.24, 2.45) is 5.92 Å². The van der Waals surface area contributed by atoms with Crippen molar-refractivity contribution in [1.29, 1.82) is 0 Å². The van der Waals surface area contributed by atoms with E-state index in [4.69, 9.17) is 11.6 Å². The van der Waals surface area contributed by atoms with Crippen molar-refractivity contribution >= 4 is 11.6 Å². The number of benzene rings is 1. The minimum absolute atomic E-state index is 0.131. The summed E-state index contributed by atoms with van der Waals surface area (Å²) in [6, 6.07) is 4.91. The Hall–Kier alpha value is -0.600. The lowest BCUT2D eigenvalue weighted by Gasteiger charge is -2.10. The van der Waals surface area contributed by atoms with Gasteiger partial charge in [0.1, 0.15) is 5.82 Å². The molecule has 1 fully saturated rings. The molecule has 0 aliphatic heterocycles. The average molecular weight is 229 g/mol. The van der Waals surface area contributed by atoms with Gasteiger partial charge in [0, 0.05) is 6.42 Å². The molecule has 0 heterocycles. The van der Waals surface area contributed by atoms with Gasteiger partial charge >= 0.3 is 0 Å². The Morgan fingerprint density at radius 2 is 2.20 bits per heavy atom. The second kappa shape index (κ2) is 4.50. The number of halogens is 2. The summed E-state index contributed by atoms with van der Waals surface area (Å²) in [7, 11) is 0. The molecule has 2 rings (SSSR count). The zero-order chi connectivity index (χ0) is 10.8. The Bertz CT molecular complexity index is 349. The lowest BCUT2D eigenvalue weighted by molar-refractivity contribution is 0.157. The molecular formula is C12H14ClFO. The van der Waals surface area contributed by atoms with E-state index in [1.165, 1.54) is 18.9 Å². The second-order valence-electron chi connectivity index (χ2n) is 4.25. The molecule has 1 nitrogen and oxygen atoms in total. The summed E-state index contributed by atoms with van der Waals surface area (Å²) in [5.74, 6) is 0.260. The fourth-order valence-electron chi connectivity index (χ4n) is 1.78. The van der Waals surface area contributed by atoms with E-state index in [0.717, 1.165) is 6.42 Å². The first-order valence-electron chi connectivity index (χ1n) is 5.27. The van der Waals surface area contributed by atoms with Gasteiger partial charge in [0.05, 0.1) is 11.1 Å². The molecule has 0 bridgehead atoms. The van der Waals surface area contributed by atoms with Crippen molar-refractivity contribution in [3.8, 4) is 0 Å². The third-order valence-electron chi connectivity index (χ3n) is 2.79. The highest BCUT2D eigenvalue weighted by Gasteiger charge is 2.25. The van der Waals surface area contributed by atoms with Gasteiger partial charge in [0.25, 0.3) is 0 Å². The van der Waals surface area contributed by atoms with Gasteiger partial charge in [-0.25, -0.2) is 4.39 Å². The van der Waals surface area contributed by atoms with E-state index in [0.29, 0.717) is 17.9 Å². The zero-order valence-electron chi connectivity index (χ0n) is 8.42. The molecule has 0 spiro atoms. The van der Waals surface area contributed by atoms with Gasteiger partial charge in [0.2, 0.25) is 0 Å². The maximum Gasteiger partial charge on any atom is 0.145 e. The number of aliphatic hydroxyl groups is 1. The highest BCUT2D eigenvalue weighted by molar-refractivity contribution is 6.30. The second-order valence-corrected chi connectivity index (χ2v) is 4.66. The molecule has 3 heteroatoms. The highest BCUT2D eigenvalue weighted by Crippen LogP contribution is 2.34. The van der Waals surface area contributed by atoms with E-state index in [9.17, 15) is 9.50 Å². The van der Waals surface area contributed by atoms with E-state index in [1.54, 1.807) is 12.1 Å². The van der Waals surface area contributed by atoms with E-state index < -0.39 is 11.9 Å². The molecule has 1 N–H and O–H groups in total. The maximum absolute atomic E-state index is 13.5. The van der Waals surface area contributed by atoms with Gasteiger partial charge in [-0.15, -0.1) is 0 Å². The van der Waals surface area contributed by atoms with Gasteiger partial charge in [-0.3, -0.25) is 0 Å². The largest absolute Gasteiger partial charge is 0.393 e. The van der Waals surface area contributed by atoms with Crippen molar-refractivity contribution in [2.75, 3.05) is 0 Å². The monoisotopic (exact) mass is 228 g/mol. The van der Waals surface area contributed by atoms with Crippen LogP contribution in [0.25, 0.3) is 0 Å². The van der Waals surface area contributed by atoms with Gasteiger partial charge in [0.15, 0.2) is 0 Å². The van der Waals surface area contributed by atoms with Crippen LogP contribution in [0.4, 0.5) is 4.39 Å². The maximum atomic E-state index is 13.5. The molecule has 1 aliphatic carbocycles. The molecule has 82 valence electrons. The predicted octanol–water partition coefficient (Wildman–Crippen LogP) is 3.18. The van der Waals surface area contributed by atoms with Gasteiger partial charge < -0.3 is 5.11 Å². The molecule has 15 heavy (non-hydrogen) atoms. The Balaban J connectivity index is 1.99. The summed E-state index contributed by atoms with van der Waals surface area (Å²) in [6.07, 6.45) is 3.12. The lowest BCUT2D eigenvalue weighted by atomic mass is 10.0. The van der Waals surface area contributed by atoms with Crippen LogP contribution in [0.2, 0.25) is 5.02 Å². The van der Waals surface area contributed by atoms with Crippen LogP contribution < -0.4 is 0 Å². The standard InChI is InChI=1S/C12H14ClFO/c13-11-3-1-2-9(12(11)14)7-10(15)6-8-4-5-8/h1-3,8,10,15H,4-7H2. The van der Waals surface area contributed by atoms with Crippen molar-refractivity contribution in [1.82, 2.24) is 0 Å². The Morgan fingerprint density at radius 3 is 2.87 bits per heavy atom. The average Bonchev–Trinajstić information content (AvgIpc) is 2.97. The molecule has 1 aromatic rings. The van der Waals surface area contributed by atoms with Crippen LogP contribution in [-0.2, 0) is 6.42 Å². The lowest BCUT2D eigenvalue weighted by Crippen LogP contribution is -2.12. The predicted molar refractivity (Wildman–Crippen MR) is 58.5 cm³/mol. The molecular weight excluding hydrogens is 215 g/mol. The minimum Gasteiger partial charge on any atom is -0.393 e. The summed E-state index contributed by atoms with van der Waals surface area (Å²) in [5.41, 5.74) is 0.510. The number of hydrogen-bond acceptors (Lipinski definition) is 1. The summed E-state index contributed by atoms with van der Waals surface area (Å²) in [6.45, 7) is 0. The first-order chi connectivity index (χ1) is 7.16.